The number of anilines is 2. The van der Waals surface area contributed by atoms with E-state index in [4.69, 9.17) is 17.0 Å². The number of carbonyl (C=O) groups is 3. The van der Waals surface area contributed by atoms with E-state index in [0.29, 0.717) is 22.8 Å². The maximum Gasteiger partial charge on any atom is 0.269 e. The van der Waals surface area contributed by atoms with Crippen molar-refractivity contribution in [1.29, 1.82) is 0 Å². The molecule has 1 fully saturated rings. The first-order valence-corrected chi connectivity index (χ1v) is 9.81. The molecule has 0 aliphatic carbocycles. The second-order valence-corrected chi connectivity index (χ2v) is 7.27. The zero-order chi connectivity index (χ0) is 22.1. The lowest BCUT2D eigenvalue weighted by molar-refractivity contribution is -0.122. The summed E-state index contributed by atoms with van der Waals surface area (Å²) in [7, 11) is 1.54. The van der Waals surface area contributed by atoms with Crippen molar-refractivity contribution in [2.75, 3.05) is 17.0 Å². The molecule has 4 rings (SSSR count). The molecule has 31 heavy (non-hydrogen) atoms. The molecule has 8 nitrogen and oxygen atoms in total. The Hall–Kier alpha value is -3.85. The molecule has 1 N–H and O–H groups in total. The summed E-state index contributed by atoms with van der Waals surface area (Å²) in [5.74, 6) is -1.84. The van der Waals surface area contributed by atoms with Crippen LogP contribution in [0.4, 0.5) is 11.4 Å². The van der Waals surface area contributed by atoms with Crippen molar-refractivity contribution in [3.63, 3.8) is 0 Å². The minimum atomic E-state index is -0.839. The second kappa shape index (κ2) is 8.11. The first-order chi connectivity index (χ1) is 14.9. The van der Waals surface area contributed by atoms with Crippen molar-refractivity contribution in [2.24, 2.45) is 11.0 Å². The number of thiocarbonyl (C=S) groups is 1. The van der Waals surface area contributed by atoms with Gasteiger partial charge in [-0.25, -0.2) is 0 Å². The third-order valence-corrected chi connectivity index (χ3v) is 5.23. The number of para-hydroxylation sites is 1. The SMILES string of the molecule is COc1ccc(N2C(=O)C(=CC3C(=O)N(c4ccccc4)N=C3C)C(=O)NC2=S)cc1. The zero-order valence-electron chi connectivity index (χ0n) is 16.7. The summed E-state index contributed by atoms with van der Waals surface area (Å²) in [5, 5.41) is 8.06. The molecule has 0 radical (unpaired) electrons. The van der Waals surface area contributed by atoms with Gasteiger partial charge in [0.15, 0.2) is 5.11 Å². The fourth-order valence-electron chi connectivity index (χ4n) is 3.34. The molecule has 9 heteroatoms. The van der Waals surface area contributed by atoms with Gasteiger partial charge in [-0.15, -0.1) is 0 Å². The van der Waals surface area contributed by atoms with E-state index in [0.717, 1.165) is 0 Å². The Balaban J connectivity index is 1.65. The van der Waals surface area contributed by atoms with Gasteiger partial charge in [0.25, 0.3) is 17.7 Å². The van der Waals surface area contributed by atoms with Gasteiger partial charge in [0.1, 0.15) is 11.3 Å². The van der Waals surface area contributed by atoms with Crippen LogP contribution in [0.3, 0.4) is 0 Å². The Morgan fingerprint density at radius 3 is 2.35 bits per heavy atom. The van der Waals surface area contributed by atoms with Gasteiger partial charge in [-0.2, -0.15) is 10.1 Å². The van der Waals surface area contributed by atoms with Gasteiger partial charge in [0.05, 0.1) is 30.1 Å². The molecule has 0 bridgehead atoms. The van der Waals surface area contributed by atoms with Crippen LogP contribution in [0.25, 0.3) is 0 Å². The number of hydrogen-bond acceptors (Lipinski definition) is 6. The largest absolute Gasteiger partial charge is 0.497 e. The van der Waals surface area contributed by atoms with Crippen molar-refractivity contribution in [3.05, 3.63) is 66.2 Å². The molecule has 0 aromatic heterocycles. The molecule has 0 spiro atoms. The van der Waals surface area contributed by atoms with Gasteiger partial charge < -0.3 is 4.74 Å². The lowest BCUT2D eigenvalue weighted by Gasteiger charge is -2.29. The van der Waals surface area contributed by atoms with Gasteiger partial charge in [0.2, 0.25) is 0 Å². The highest BCUT2D eigenvalue weighted by atomic mass is 32.1. The van der Waals surface area contributed by atoms with Crippen LogP contribution < -0.4 is 20.0 Å². The Kier molecular flexibility index (Phi) is 5.35. The number of ether oxygens (including phenoxy) is 1. The van der Waals surface area contributed by atoms with Gasteiger partial charge in [-0.3, -0.25) is 24.6 Å². The van der Waals surface area contributed by atoms with Crippen LogP contribution in [0.15, 0.2) is 71.3 Å². The predicted octanol–water partition coefficient (Wildman–Crippen LogP) is 2.41. The van der Waals surface area contributed by atoms with Crippen molar-refractivity contribution in [1.82, 2.24) is 5.32 Å². The predicted molar refractivity (Wildman–Crippen MR) is 120 cm³/mol. The number of benzene rings is 2. The molecule has 3 amide bonds. The number of hydrazone groups is 1. The first-order valence-electron chi connectivity index (χ1n) is 9.40. The highest BCUT2D eigenvalue weighted by Gasteiger charge is 2.39. The third-order valence-electron chi connectivity index (χ3n) is 4.95. The maximum atomic E-state index is 13.2. The quantitative estimate of drug-likeness (QED) is 0.453. The Bertz CT molecular complexity index is 1140. The fourth-order valence-corrected chi connectivity index (χ4v) is 3.62. The Morgan fingerprint density at radius 1 is 1.03 bits per heavy atom. The topological polar surface area (TPSA) is 91.3 Å². The Morgan fingerprint density at radius 2 is 1.71 bits per heavy atom. The van der Waals surface area contributed by atoms with E-state index in [2.05, 4.69) is 10.4 Å². The first kappa shape index (κ1) is 20.4. The highest BCUT2D eigenvalue weighted by molar-refractivity contribution is 7.80. The smallest absolute Gasteiger partial charge is 0.269 e. The molecule has 1 unspecified atom stereocenters. The van der Waals surface area contributed by atoms with Crippen LogP contribution in [0.5, 0.6) is 5.75 Å². The highest BCUT2D eigenvalue weighted by Crippen LogP contribution is 2.28. The van der Waals surface area contributed by atoms with E-state index in [1.165, 1.54) is 23.1 Å². The average molecular weight is 434 g/mol. The fraction of sp³-hybridized carbons (Fsp3) is 0.136. The van der Waals surface area contributed by atoms with Gasteiger partial charge in [-0.1, -0.05) is 18.2 Å². The summed E-state index contributed by atoms with van der Waals surface area (Å²) in [6.45, 7) is 1.68. The van der Waals surface area contributed by atoms with Crippen molar-refractivity contribution >= 4 is 52.1 Å². The third kappa shape index (κ3) is 3.71. The number of nitrogens with zero attached hydrogens (tertiary/aromatic N) is 3. The summed E-state index contributed by atoms with van der Waals surface area (Å²) in [4.78, 5) is 39.9. The number of carbonyl (C=O) groups excluding carboxylic acids is 3. The van der Waals surface area contributed by atoms with Crippen LogP contribution in [-0.2, 0) is 14.4 Å². The molecule has 2 aliphatic heterocycles. The molecule has 2 heterocycles. The number of amides is 3. The molecule has 2 aliphatic rings. The molecule has 2 aromatic carbocycles. The lowest BCUT2D eigenvalue weighted by atomic mass is 9.98. The second-order valence-electron chi connectivity index (χ2n) is 6.88. The van der Waals surface area contributed by atoms with E-state index < -0.39 is 17.7 Å². The molecule has 0 saturated carbocycles. The molecule has 1 atom stereocenters. The molecule has 2 aromatic rings. The lowest BCUT2D eigenvalue weighted by Crippen LogP contribution is -2.54. The summed E-state index contributed by atoms with van der Waals surface area (Å²) < 4.78 is 5.13. The Labute approximate surface area is 183 Å². The molecular weight excluding hydrogens is 416 g/mol. The van der Waals surface area contributed by atoms with Crippen molar-refractivity contribution in [2.45, 2.75) is 6.92 Å². The molecule has 1 saturated heterocycles. The summed E-state index contributed by atoms with van der Waals surface area (Å²) in [6.07, 6.45) is 1.35. The van der Waals surface area contributed by atoms with Crippen LogP contribution in [0.1, 0.15) is 6.92 Å². The number of rotatable bonds is 4. The van der Waals surface area contributed by atoms with Crippen LogP contribution >= 0.6 is 12.2 Å². The molecular formula is C22H18N4O4S. The number of hydrogen-bond donors (Lipinski definition) is 1. The van der Waals surface area contributed by atoms with Crippen molar-refractivity contribution < 1.29 is 19.1 Å². The monoisotopic (exact) mass is 434 g/mol. The molecule has 156 valence electrons. The minimum absolute atomic E-state index is 0.0358. The van der Waals surface area contributed by atoms with Gasteiger partial charge in [0, 0.05) is 0 Å². The summed E-state index contributed by atoms with van der Waals surface area (Å²) in [6, 6.07) is 15.6. The van der Waals surface area contributed by atoms with E-state index >= 15 is 0 Å². The van der Waals surface area contributed by atoms with E-state index in [1.54, 1.807) is 55.5 Å². The van der Waals surface area contributed by atoms with E-state index in [-0.39, 0.29) is 16.6 Å². The maximum absolute atomic E-state index is 13.2. The number of nitrogens with one attached hydrogen (secondary N) is 1. The van der Waals surface area contributed by atoms with Crippen LogP contribution in [0, 0.1) is 5.92 Å². The number of methoxy groups -OCH3 is 1. The van der Waals surface area contributed by atoms with Crippen LogP contribution in [0.2, 0.25) is 0 Å². The zero-order valence-corrected chi connectivity index (χ0v) is 17.6. The van der Waals surface area contributed by atoms with E-state index in [1.807, 2.05) is 6.07 Å². The van der Waals surface area contributed by atoms with E-state index in [9.17, 15) is 14.4 Å². The normalized spacial score (nSPS) is 20.3. The standard InChI is InChI=1S/C22H18N4O4S/c1-13-17(21(29)26(24-13)15-6-4-3-5-7-15)12-18-19(27)23-22(31)25(20(18)28)14-8-10-16(30-2)11-9-14/h3-12,17H,1-2H3,(H,23,27,31). The summed E-state index contributed by atoms with van der Waals surface area (Å²) >= 11 is 5.20. The van der Waals surface area contributed by atoms with Crippen molar-refractivity contribution in [3.8, 4) is 5.75 Å². The van der Waals surface area contributed by atoms with Gasteiger partial charge in [-0.05, 0) is 61.6 Å². The minimum Gasteiger partial charge on any atom is -0.497 e. The average Bonchev–Trinajstić information content (AvgIpc) is 3.05. The summed E-state index contributed by atoms with van der Waals surface area (Å²) in [5.41, 5.74) is 1.38. The van der Waals surface area contributed by atoms with Crippen LogP contribution in [-0.4, -0.2) is 35.7 Å². The van der Waals surface area contributed by atoms with Gasteiger partial charge >= 0.3 is 0 Å².